The standard InChI is InChI=1S/2C20H16N2/c2*1-3-10-17(11-4-1)21-20-19-14-8-7-9-16(19)15-22(20)18-12-5-2-6-13-18/h2*1-14H,15H2. The molecule has 2 aliphatic rings. The number of aliphatic imine (C=N–C) groups is 2. The zero-order valence-corrected chi connectivity index (χ0v) is 24.4. The monoisotopic (exact) mass is 568 g/mol. The van der Waals surface area contributed by atoms with Crippen molar-refractivity contribution in [3.8, 4) is 0 Å². The first-order valence-corrected chi connectivity index (χ1v) is 14.9. The third-order valence-electron chi connectivity index (χ3n) is 7.80. The third-order valence-corrected chi connectivity index (χ3v) is 7.80. The van der Waals surface area contributed by atoms with Crippen molar-refractivity contribution < 1.29 is 0 Å². The second kappa shape index (κ2) is 12.6. The topological polar surface area (TPSA) is 31.2 Å². The lowest BCUT2D eigenvalue weighted by Crippen LogP contribution is -2.23. The van der Waals surface area contributed by atoms with Crippen LogP contribution in [0.4, 0.5) is 22.7 Å². The van der Waals surface area contributed by atoms with Crippen molar-refractivity contribution in [2.24, 2.45) is 9.98 Å². The number of para-hydroxylation sites is 4. The molecule has 6 aromatic carbocycles. The Morgan fingerprint density at radius 3 is 1.05 bits per heavy atom. The van der Waals surface area contributed by atoms with Crippen molar-refractivity contribution in [2.45, 2.75) is 13.1 Å². The molecule has 0 radical (unpaired) electrons. The minimum atomic E-state index is 0.867. The number of nitrogens with zero attached hydrogens (tertiary/aromatic N) is 4. The van der Waals surface area contributed by atoms with Gasteiger partial charge in [0.15, 0.2) is 0 Å². The Morgan fingerprint density at radius 1 is 0.341 bits per heavy atom. The van der Waals surface area contributed by atoms with Crippen molar-refractivity contribution in [3.63, 3.8) is 0 Å². The number of rotatable bonds is 4. The van der Waals surface area contributed by atoms with Gasteiger partial charge in [0.1, 0.15) is 11.7 Å². The molecular weight excluding hydrogens is 536 g/mol. The highest BCUT2D eigenvalue weighted by Gasteiger charge is 2.27. The van der Waals surface area contributed by atoms with Gasteiger partial charge in [-0.05, 0) is 59.7 Å². The summed E-state index contributed by atoms with van der Waals surface area (Å²) in [6.07, 6.45) is 0. The Bertz CT molecular complexity index is 1760. The van der Waals surface area contributed by atoms with E-state index in [9.17, 15) is 0 Å². The fourth-order valence-corrected chi connectivity index (χ4v) is 5.67. The van der Waals surface area contributed by atoms with Gasteiger partial charge in [0, 0.05) is 22.5 Å². The molecule has 0 N–H and O–H groups in total. The number of anilines is 2. The molecule has 2 heterocycles. The van der Waals surface area contributed by atoms with Gasteiger partial charge in [0.2, 0.25) is 0 Å². The molecule has 0 saturated carbocycles. The summed E-state index contributed by atoms with van der Waals surface area (Å²) in [5.74, 6) is 2.04. The quantitative estimate of drug-likeness (QED) is 0.212. The van der Waals surface area contributed by atoms with E-state index in [0.717, 1.165) is 36.1 Å². The molecule has 4 heteroatoms. The second-order valence-corrected chi connectivity index (χ2v) is 10.7. The van der Waals surface area contributed by atoms with Crippen molar-refractivity contribution in [1.29, 1.82) is 0 Å². The van der Waals surface area contributed by atoms with Crippen molar-refractivity contribution in [2.75, 3.05) is 9.80 Å². The van der Waals surface area contributed by atoms with Crippen molar-refractivity contribution >= 4 is 34.4 Å². The minimum Gasteiger partial charge on any atom is -0.321 e. The molecule has 0 bridgehead atoms. The predicted molar refractivity (Wildman–Crippen MR) is 183 cm³/mol. The Balaban J connectivity index is 0.000000142. The maximum absolute atomic E-state index is 4.90. The molecule has 0 amide bonds. The van der Waals surface area contributed by atoms with E-state index in [4.69, 9.17) is 9.98 Å². The van der Waals surface area contributed by atoms with Gasteiger partial charge < -0.3 is 9.80 Å². The summed E-state index contributed by atoms with van der Waals surface area (Å²) >= 11 is 0. The van der Waals surface area contributed by atoms with Crippen LogP contribution in [0.3, 0.4) is 0 Å². The molecule has 0 unspecified atom stereocenters. The van der Waals surface area contributed by atoms with Crippen LogP contribution >= 0.6 is 0 Å². The van der Waals surface area contributed by atoms with Crippen LogP contribution in [0.25, 0.3) is 0 Å². The van der Waals surface area contributed by atoms with Gasteiger partial charge in [0.25, 0.3) is 0 Å². The van der Waals surface area contributed by atoms with Gasteiger partial charge in [-0.25, -0.2) is 9.98 Å². The van der Waals surface area contributed by atoms with E-state index in [2.05, 4.69) is 107 Å². The smallest absolute Gasteiger partial charge is 0.141 e. The van der Waals surface area contributed by atoms with Gasteiger partial charge in [-0.2, -0.15) is 0 Å². The van der Waals surface area contributed by atoms with Crippen LogP contribution in [-0.2, 0) is 13.1 Å². The Kier molecular flexibility index (Phi) is 7.79. The van der Waals surface area contributed by atoms with E-state index >= 15 is 0 Å². The van der Waals surface area contributed by atoms with Gasteiger partial charge in [0.05, 0.1) is 24.5 Å². The van der Waals surface area contributed by atoms with Crippen LogP contribution < -0.4 is 9.80 Å². The summed E-state index contributed by atoms with van der Waals surface area (Å²) in [7, 11) is 0. The van der Waals surface area contributed by atoms with Crippen LogP contribution in [0.1, 0.15) is 22.3 Å². The molecule has 0 atom stereocenters. The lowest BCUT2D eigenvalue weighted by atomic mass is 10.1. The van der Waals surface area contributed by atoms with Gasteiger partial charge in [-0.3, -0.25) is 0 Å². The Labute approximate surface area is 258 Å². The number of hydrogen-bond donors (Lipinski definition) is 0. The zero-order valence-electron chi connectivity index (χ0n) is 24.4. The number of benzene rings is 6. The van der Waals surface area contributed by atoms with Gasteiger partial charge >= 0.3 is 0 Å². The molecule has 44 heavy (non-hydrogen) atoms. The molecular formula is C40H32N4. The van der Waals surface area contributed by atoms with Crippen molar-refractivity contribution in [3.05, 3.63) is 192 Å². The van der Waals surface area contributed by atoms with Gasteiger partial charge in [-0.15, -0.1) is 0 Å². The van der Waals surface area contributed by atoms with Crippen LogP contribution in [0.15, 0.2) is 180 Å². The average Bonchev–Trinajstić information content (AvgIpc) is 3.65. The molecule has 0 saturated heterocycles. The first kappa shape index (κ1) is 27.1. The number of amidine groups is 2. The summed E-state index contributed by atoms with van der Waals surface area (Å²) in [5, 5.41) is 0. The van der Waals surface area contributed by atoms with E-state index in [1.54, 1.807) is 0 Å². The second-order valence-electron chi connectivity index (χ2n) is 10.7. The Morgan fingerprint density at radius 2 is 0.659 bits per heavy atom. The fourth-order valence-electron chi connectivity index (χ4n) is 5.67. The summed E-state index contributed by atoms with van der Waals surface area (Å²) in [5.41, 5.74) is 9.39. The maximum Gasteiger partial charge on any atom is 0.141 e. The summed E-state index contributed by atoms with van der Waals surface area (Å²) in [6, 6.07) is 58.2. The summed E-state index contributed by atoms with van der Waals surface area (Å²) in [6.45, 7) is 1.73. The maximum atomic E-state index is 4.90. The summed E-state index contributed by atoms with van der Waals surface area (Å²) < 4.78 is 0. The largest absolute Gasteiger partial charge is 0.321 e. The molecule has 0 aliphatic carbocycles. The molecule has 2 aliphatic heterocycles. The van der Waals surface area contributed by atoms with Crippen LogP contribution in [0, 0.1) is 0 Å². The highest BCUT2D eigenvalue weighted by atomic mass is 15.2. The molecule has 8 rings (SSSR count). The first-order chi connectivity index (χ1) is 21.8. The number of fused-ring (bicyclic) bond motifs is 2. The molecule has 4 nitrogen and oxygen atoms in total. The van der Waals surface area contributed by atoms with Crippen molar-refractivity contribution in [1.82, 2.24) is 0 Å². The fraction of sp³-hybridized carbons (Fsp3) is 0.0500. The van der Waals surface area contributed by atoms with E-state index in [1.165, 1.54) is 33.6 Å². The van der Waals surface area contributed by atoms with E-state index in [0.29, 0.717) is 0 Å². The molecule has 0 aromatic heterocycles. The number of hydrogen-bond acceptors (Lipinski definition) is 2. The highest BCUT2D eigenvalue weighted by molar-refractivity contribution is 6.15. The predicted octanol–water partition coefficient (Wildman–Crippen LogP) is 9.57. The third kappa shape index (κ3) is 5.79. The van der Waals surface area contributed by atoms with Gasteiger partial charge in [-0.1, -0.05) is 121 Å². The first-order valence-electron chi connectivity index (χ1n) is 14.9. The normalized spacial score (nSPS) is 15.1. The minimum absolute atomic E-state index is 0.867. The van der Waals surface area contributed by atoms with E-state index < -0.39 is 0 Å². The molecule has 0 spiro atoms. The molecule has 0 fully saturated rings. The van der Waals surface area contributed by atoms with Crippen LogP contribution in [0.5, 0.6) is 0 Å². The average molecular weight is 569 g/mol. The zero-order chi connectivity index (χ0) is 29.6. The molecule has 212 valence electrons. The lowest BCUT2D eigenvalue weighted by molar-refractivity contribution is 1.05. The SMILES string of the molecule is c1ccc(N=C2c3ccccc3CN2c2ccccc2)cc1.c1ccc(N=C2c3ccccc3CN2c2ccccc2)cc1. The lowest BCUT2D eigenvalue weighted by Gasteiger charge is -2.19. The highest BCUT2D eigenvalue weighted by Crippen LogP contribution is 2.31. The van der Waals surface area contributed by atoms with Crippen LogP contribution in [0.2, 0.25) is 0 Å². The molecule has 6 aromatic rings. The van der Waals surface area contributed by atoms with E-state index in [-0.39, 0.29) is 0 Å². The summed E-state index contributed by atoms with van der Waals surface area (Å²) in [4.78, 5) is 14.4. The Hall–Kier alpha value is -5.74. The van der Waals surface area contributed by atoms with E-state index in [1.807, 2.05) is 72.8 Å². The van der Waals surface area contributed by atoms with Crippen LogP contribution in [-0.4, -0.2) is 11.7 Å².